The number of methoxy groups -OCH3 is 1. The number of amides is 2. The molecule has 0 aromatic heterocycles. The number of carbonyl (C=O) groups excluding carboxylic acids is 2. The molecule has 33 heavy (non-hydrogen) atoms. The van der Waals surface area contributed by atoms with Crippen LogP contribution in [0.2, 0.25) is 0 Å². The number of nitrogens with zero attached hydrogens (tertiary/aromatic N) is 3. The minimum absolute atomic E-state index is 0.352. The lowest BCUT2D eigenvalue weighted by atomic mass is 9.98. The Morgan fingerprint density at radius 3 is 2.24 bits per heavy atom. The second-order valence-corrected chi connectivity index (χ2v) is 8.00. The van der Waals surface area contributed by atoms with E-state index in [2.05, 4.69) is 18.2 Å². The number of hydrogen-bond donors (Lipinski definition) is 0. The number of fused-ring (bicyclic) bond motifs is 1. The zero-order valence-corrected chi connectivity index (χ0v) is 18.1. The molecular formula is C27H21N3O3. The average molecular weight is 435 g/mol. The monoisotopic (exact) mass is 435 g/mol. The summed E-state index contributed by atoms with van der Waals surface area (Å²) >= 11 is 0. The van der Waals surface area contributed by atoms with Gasteiger partial charge in [-0.3, -0.25) is 9.59 Å². The molecule has 0 bridgehead atoms. The van der Waals surface area contributed by atoms with Crippen LogP contribution < -0.4 is 9.64 Å². The maximum atomic E-state index is 13.7. The lowest BCUT2D eigenvalue weighted by Crippen LogP contribution is -2.37. The van der Waals surface area contributed by atoms with Crippen LogP contribution in [0.4, 0.5) is 5.69 Å². The molecule has 2 aliphatic heterocycles. The predicted octanol–water partition coefficient (Wildman–Crippen LogP) is 3.91. The van der Waals surface area contributed by atoms with Gasteiger partial charge >= 0.3 is 0 Å². The molecule has 2 heterocycles. The highest BCUT2D eigenvalue weighted by Crippen LogP contribution is 2.37. The van der Waals surface area contributed by atoms with E-state index in [-0.39, 0.29) is 11.8 Å². The molecule has 3 aromatic carbocycles. The third-order valence-electron chi connectivity index (χ3n) is 6.14. The summed E-state index contributed by atoms with van der Waals surface area (Å²) in [5.41, 5.74) is 4.79. The van der Waals surface area contributed by atoms with E-state index < -0.39 is 0 Å². The van der Waals surface area contributed by atoms with Crippen molar-refractivity contribution in [3.05, 3.63) is 101 Å². The van der Waals surface area contributed by atoms with Gasteiger partial charge in [0.2, 0.25) is 0 Å². The normalized spacial score (nSPS) is 15.5. The maximum absolute atomic E-state index is 13.7. The van der Waals surface area contributed by atoms with Crippen molar-refractivity contribution in [1.29, 1.82) is 5.26 Å². The van der Waals surface area contributed by atoms with Gasteiger partial charge < -0.3 is 9.64 Å². The van der Waals surface area contributed by atoms with E-state index >= 15 is 0 Å². The molecule has 0 unspecified atom stereocenters. The van der Waals surface area contributed by atoms with Crippen molar-refractivity contribution in [2.24, 2.45) is 0 Å². The second kappa shape index (κ2) is 8.29. The number of benzene rings is 3. The van der Waals surface area contributed by atoms with Crippen LogP contribution in [0.5, 0.6) is 5.75 Å². The molecule has 0 saturated carbocycles. The van der Waals surface area contributed by atoms with Crippen LogP contribution in [-0.2, 0) is 22.6 Å². The summed E-state index contributed by atoms with van der Waals surface area (Å²) in [5.74, 6) is -0.0489. The first-order valence-corrected chi connectivity index (χ1v) is 10.7. The van der Waals surface area contributed by atoms with Crippen molar-refractivity contribution in [3.8, 4) is 11.8 Å². The van der Waals surface area contributed by atoms with Crippen molar-refractivity contribution < 1.29 is 14.3 Å². The van der Waals surface area contributed by atoms with E-state index in [0.29, 0.717) is 46.9 Å². The first-order valence-electron chi connectivity index (χ1n) is 10.7. The van der Waals surface area contributed by atoms with Crippen LogP contribution in [0.15, 0.2) is 78.5 Å². The Kier molecular flexibility index (Phi) is 5.15. The summed E-state index contributed by atoms with van der Waals surface area (Å²) in [7, 11) is 1.59. The van der Waals surface area contributed by atoms with Gasteiger partial charge in [-0.25, -0.2) is 4.90 Å². The first kappa shape index (κ1) is 20.5. The Labute approximate surface area is 191 Å². The number of nitriles is 1. The van der Waals surface area contributed by atoms with Gasteiger partial charge in [0.05, 0.1) is 30.0 Å². The lowest BCUT2D eigenvalue weighted by molar-refractivity contribution is -0.120. The highest BCUT2D eigenvalue weighted by molar-refractivity contribution is 6.45. The van der Waals surface area contributed by atoms with Gasteiger partial charge in [-0.15, -0.1) is 0 Å². The van der Waals surface area contributed by atoms with Gasteiger partial charge in [0, 0.05) is 13.1 Å². The number of ether oxygens (including phenoxy) is 1. The summed E-state index contributed by atoms with van der Waals surface area (Å²) in [6.45, 7) is 1.21. The van der Waals surface area contributed by atoms with Crippen LogP contribution in [0.3, 0.4) is 0 Å². The molecule has 0 spiro atoms. The van der Waals surface area contributed by atoms with Gasteiger partial charge in [0.15, 0.2) is 0 Å². The molecule has 0 fully saturated rings. The van der Waals surface area contributed by atoms with E-state index in [9.17, 15) is 9.59 Å². The zero-order chi connectivity index (χ0) is 22.9. The summed E-state index contributed by atoms with van der Waals surface area (Å²) in [5, 5.41) is 9.10. The fourth-order valence-corrected chi connectivity index (χ4v) is 4.44. The second-order valence-electron chi connectivity index (χ2n) is 8.00. The third kappa shape index (κ3) is 3.54. The van der Waals surface area contributed by atoms with Crippen molar-refractivity contribution in [3.63, 3.8) is 0 Å². The van der Waals surface area contributed by atoms with E-state index in [1.54, 1.807) is 55.6 Å². The number of imide groups is 1. The molecule has 2 aliphatic rings. The number of carbonyl (C=O) groups is 2. The maximum Gasteiger partial charge on any atom is 0.282 e. The summed E-state index contributed by atoms with van der Waals surface area (Å²) < 4.78 is 5.26. The van der Waals surface area contributed by atoms with Crippen molar-refractivity contribution in [1.82, 2.24) is 4.90 Å². The Balaban J connectivity index is 1.60. The Morgan fingerprint density at radius 1 is 0.879 bits per heavy atom. The molecular weight excluding hydrogens is 414 g/mol. The minimum atomic E-state index is -0.372. The van der Waals surface area contributed by atoms with E-state index in [4.69, 9.17) is 10.00 Å². The summed E-state index contributed by atoms with van der Waals surface area (Å²) in [6, 6.07) is 23.9. The van der Waals surface area contributed by atoms with E-state index in [1.807, 2.05) is 17.0 Å². The Hall–Kier alpha value is -4.37. The molecule has 0 atom stereocenters. The van der Waals surface area contributed by atoms with Crippen LogP contribution in [0.25, 0.3) is 5.57 Å². The fourth-order valence-electron chi connectivity index (χ4n) is 4.44. The molecule has 3 aromatic rings. The standard InChI is InChI=1S/C27H21N3O3/c1-33-23-12-8-20(9-13-23)24-25(29-15-14-19-4-2-3-5-21(19)17-29)27(32)30(26(24)31)22-10-6-18(16-28)7-11-22/h2-13H,14-15,17H2,1H3. The van der Waals surface area contributed by atoms with Crippen LogP contribution in [0, 0.1) is 11.3 Å². The minimum Gasteiger partial charge on any atom is -0.497 e. The largest absolute Gasteiger partial charge is 0.497 e. The van der Waals surface area contributed by atoms with E-state index in [1.165, 1.54) is 10.5 Å². The van der Waals surface area contributed by atoms with Crippen molar-refractivity contribution in [2.75, 3.05) is 18.6 Å². The molecule has 2 amide bonds. The Bertz CT molecular complexity index is 1320. The van der Waals surface area contributed by atoms with Gasteiger partial charge in [-0.05, 0) is 59.5 Å². The quantitative estimate of drug-likeness (QED) is 0.581. The smallest absolute Gasteiger partial charge is 0.282 e. The molecule has 5 rings (SSSR count). The molecule has 0 saturated heterocycles. The van der Waals surface area contributed by atoms with E-state index in [0.717, 1.165) is 12.0 Å². The van der Waals surface area contributed by atoms with Gasteiger partial charge in [0.1, 0.15) is 11.4 Å². The van der Waals surface area contributed by atoms with Crippen LogP contribution in [-0.4, -0.2) is 30.4 Å². The Morgan fingerprint density at radius 2 is 1.58 bits per heavy atom. The van der Waals surface area contributed by atoms with Crippen LogP contribution >= 0.6 is 0 Å². The fraction of sp³-hybridized carbons (Fsp3) is 0.148. The lowest BCUT2D eigenvalue weighted by Gasteiger charge is -2.31. The van der Waals surface area contributed by atoms with Crippen LogP contribution in [0.1, 0.15) is 22.3 Å². The number of hydrogen-bond acceptors (Lipinski definition) is 5. The third-order valence-corrected chi connectivity index (χ3v) is 6.14. The average Bonchev–Trinajstić information content (AvgIpc) is 3.13. The van der Waals surface area contributed by atoms with Gasteiger partial charge in [0.25, 0.3) is 11.8 Å². The van der Waals surface area contributed by atoms with Gasteiger partial charge in [-0.1, -0.05) is 36.4 Å². The highest BCUT2D eigenvalue weighted by Gasteiger charge is 2.43. The molecule has 0 aliphatic carbocycles. The van der Waals surface area contributed by atoms with Crippen molar-refractivity contribution in [2.45, 2.75) is 13.0 Å². The number of rotatable bonds is 4. The molecule has 0 N–H and O–H groups in total. The molecule has 6 heteroatoms. The SMILES string of the molecule is COc1ccc(C2=C(N3CCc4ccccc4C3)C(=O)N(c3ccc(C#N)cc3)C2=O)cc1. The number of anilines is 1. The summed E-state index contributed by atoms with van der Waals surface area (Å²) in [4.78, 5) is 30.6. The molecule has 0 radical (unpaired) electrons. The highest BCUT2D eigenvalue weighted by atomic mass is 16.5. The first-order chi connectivity index (χ1) is 16.1. The summed E-state index contributed by atoms with van der Waals surface area (Å²) in [6.07, 6.45) is 0.800. The zero-order valence-electron chi connectivity index (χ0n) is 18.1. The molecule has 6 nitrogen and oxygen atoms in total. The van der Waals surface area contributed by atoms with Crippen molar-refractivity contribution >= 4 is 23.1 Å². The molecule has 162 valence electrons. The van der Waals surface area contributed by atoms with Gasteiger partial charge in [-0.2, -0.15) is 5.26 Å². The predicted molar refractivity (Wildman–Crippen MR) is 124 cm³/mol. The topological polar surface area (TPSA) is 73.6 Å².